The number of rotatable bonds is 4. The molecule has 0 aromatic carbocycles. The molecule has 0 bridgehead atoms. The monoisotopic (exact) mass is 325 g/mol. The second-order valence-electron chi connectivity index (χ2n) is 6.11. The van der Waals surface area contributed by atoms with Crippen molar-refractivity contribution in [3.8, 4) is 0 Å². The average molecular weight is 326 g/mol. The summed E-state index contributed by atoms with van der Waals surface area (Å²) in [6, 6.07) is 1.82. The van der Waals surface area contributed by atoms with E-state index in [0.717, 1.165) is 17.3 Å². The smallest absolute Gasteiger partial charge is 0.179 e. The lowest BCUT2D eigenvalue weighted by molar-refractivity contribution is 0.299. The lowest BCUT2D eigenvalue weighted by Crippen LogP contribution is -2.14. The van der Waals surface area contributed by atoms with Crippen LogP contribution in [0.4, 0.5) is 0 Å². The fourth-order valence-corrected chi connectivity index (χ4v) is 3.61. The van der Waals surface area contributed by atoms with E-state index in [4.69, 9.17) is 23.2 Å². The van der Waals surface area contributed by atoms with E-state index >= 15 is 0 Å². The number of hydrogen-bond acceptors (Lipinski definition) is 2. The van der Waals surface area contributed by atoms with Gasteiger partial charge in [-0.3, -0.25) is 0 Å². The number of halogens is 2. The Morgan fingerprint density at radius 2 is 1.95 bits per heavy atom. The van der Waals surface area contributed by atoms with Gasteiger partial charge in [0.2, 0.25) is 0 Å². The maximum Gasteiger partial charge on any atom is 0.179 e. The number of H-pyrrole nitrogens is 1. The number of pyridine rings is 1. The first-order chi connectivity index (χ1) is 10.2. The Kier molecular flexibility index (Phi) is 4.70. The Balaban J connectivity index is 1.70. The molecule has 2 aromatic heterocycles. The third kappa shape index (κ3) is 3.35. The van der Waals surface area contributed by atoms with E-state index < -0.39 is 0 Å². The predicted molar refractivity (Wildman–Crippen MR) is 88.1 cm³/mol. The average Bonchev–Trinajstić information content (AvgIpc) is 2.89. The predicted octanol–water partition coefficient (Wildman–Crippen LogP) is 5.73. The molecule has 0 unspecified atom stereocenters. The van der Waals surface area contributed by atoms with Crippen LogP contribution in [-0.2, 0) is 0 Å². The van der Waals surface area contributed by atoms with Crippen LogP contribution in [0.25, 0.3) is 11.2 Å². The molecule has 0 atom stereocenters. The van der Waals surface area contributed by atoms with E-state index in [2.05, 4.69) is 21.9 Å². The molecular formula is C16H21Cl2N3. The van der Waals surface area contributed by atoms with Gasteiger partial charge in [-0.2, -0.15) is 0 Å². The number of imidazole rings is 1. The van der Waals surface area contributed by atoms with Gasteiger partial charge < -0.3 is 4.98 Å². The zero-order valence-electron chi connectivity index (χ0n) is 12.3. The van der Waals surface area contributed by atoms with Gasteiger partial charge in [0, 0.05) is 5.92 Å². The van der Waals surface area contributed by atoms with Crippen molar-refractivity contribution in [2.45, 2.75) is 57.8 Å². The van der Waals surface area contributed by atoms with E-state index in [1.54, 1.807) is 0 Å². The Morgan fingerprint density at radius 3 is 2.67 bits per heavy atom. The highest BCUT2D eigenvalue weighted by atomic mass is 35.5. The van der Waals surface area contributed by atoms with E-state index in [-0.39, 0.29) is 0 Å². The number of aromatic amines is 1. The van der Waals surface area contributed by atoms with Crippen molar-refractivity contribution in [1.29, 1.82) is 0 Å². The first kappa shape index (κ1) is 15.1. The maximum absolute atomic E-state index is 6.01. The largest absolute Gasteiger partial charge is 0.340 e. The third-order valence-corrected chi connectivity index (χ3v) is 5.27. The highest BCUT2D eigenvalue weighted by molar-refractivity contribution is 6.41. The Hall–Kier alpha value is -0.800. The standard InChI is InChI=1S/C16H21Cl2N3/c1-2-3-4-10-5-7-11(8-6-10)15-19-13-9-12(17)14(18)20-16(13)21-15/h9-11H,2-8H2,1H3,(H,19,20,21). The molecule has 0 saturated heterocycles. The first-order valence-corrected chi connectivity index (χ1v) is 8.64. The van der Waals surface area contributed by atoms with E-state index in [9.17, 15) is 0 Å². The summed E-state index contributed by atoms with van der Waals surface area (Å²) in [6.07, 6.45) is 9.12. The summed E-state index contributed by atoms with van der Waals surface area (Å²) in [5.41, 5.74) is 1.56. The molecule has 0 aliphatic heterocycles. The molecule has 1 aliphatic carbocycles. The van der Waals surface area contributed by atoms with Crippen LogP contribution in [0.2, 0.25) is 10.2 Å². The van der Waals surface area contributed by atoms with Crippen molar-refractivity contribution in [2.24, 2.45) is 5.92 Å². The summed E-state index contributed by atoms with van der Waals surface area (Å²) in [7, 11) is 0. The SMILES string of the molecule is CCCCC1CCC(c2nc3nc(Cl)c(Cl)cc3[nH]2)CC1. The van der Waals surface area contributed by atoms with Gasteiger partial charge in [0.05, 0.1) is 10.5 Å². The van der Waals surface area contributed by atoms with Crippen LogP contribution in [0.1, 0.15) is 63.6 Å². The molecule has 0 radical (unpaired) electrons. The van der Waals surface area contributed by atoms with Crippen molar-refractivity contribution in [1.82, 2.24) is 15.0 Å². The fraction of sp³-hybridized carbons (Fsp3) is 0.625. The zero-order valence-corrected chi connectivity index (χ0v) is 13.8. The number of aromatic nitrogens is 3. The van der Waals surface area contributed by atoms with Gasteiger partial charge in [0.1, 0.15) is 11.0 Å². The van der Waals surface area contributed by atoms with Gasteiger partial charge in [0.15, 0.2) is 5.65 Å². The lowest BCUT2D eigenvalue weighted by Gasteiger charge is -2.27. The van der Waals surface area contributed by atoms with Crippen LogP contribution in [0.15, 0.2) is 6.07 Å². The fourth-order valence-electron chi connectivity index (χ4n) is 3.33. The molecule has 1 fully saturated rings. The molecule has 1 aliphatic rings. The summed E-state index contributed by atoms with van der Waals surface area (Å²) >= 11 is 12.0. The molecule has 114 valence electrons. The van der Waals surface area contributed by atoms with Crippen LogP contribution in [0.3, 0.4) is 0 Å². The van der Waals surface area contributed by atoms with Crippen molar-refractivity contribution < 1.29 is 0 Å². The van der Waals surface area contributed by atoms with Crippen LogP contribution in [0.5, 0.6) is 0 Å². The highest BCUT2D eigenvalue weighted by Gasteiger charge is 2.24. The van der Waals surface area contributed by atoms with E-state index in [1.165, 1.54) is 44.9 Å². The highest BCUT2D eigenvalue weighted by Crippen LogP contribution is 2.37. The summed E-state index contributed by atoms with van der Waals surface area (Å²) < 4.78 is 0. The van der Waals surface area contributed by atoms with Gasteiger partial charge in [-0.1, -0.05) is 49.4 Å². The molecule has 2 heterocycles. The number of unbranched alkanes of at least 4 members (excludes halogenated alkanes) is 1. The molecule has 0 amide bonds. The molecular weight excluding hydrogens is 305 g/mol. The summed E-state index contributed by atoms with van der Waals surface area (Å²) in [5, 5.41) is 0.799. The molecule has 3 nitrogen and oxygen atoms in total. The van der Waals surface area contributed by atoms with E-state index in [0.29, 0.717) is 21.7 Å². The second-order valence-corrected chi connectivity index (χ2v) is 6.88. The molecule has 1 saturated carbocycles. The topological polar surface area (TPSA) is 41.6 Å². The van der Waals surface area contributed by atoms with Gasteiger partial charge in [-0.05, 0) is 37.7 Å². The van der Waals surface area contributed by atoms with Crippen molar-refractivity contribution in [3.05, 3.63) is 22.1 Å². The molecule has 5 heteroatoms. The van der Waals surface area contributed by atoms with Crippen LogP contribution < -0.4 is 0 Å². The minimum Gasteiger partial charge on any atom is -0.340 e. The van der Waals surface area contributed by atoms with Gasteiger partial charge in [0.25, 0.3) is 0 Å². The number of nitrogens with zero attached hydrogens (tertiary/aromatic N) is 2. The summed E-state index contributed by atoms with van der Waals surface area (Å²) in [5.74, 6) is 2.48. The third-order valence-electron chi connectivity index (χ3n) is 4.60. The quantitative estimate of drug-likeness (QED) is 0.729. The van der Waals surface area contributed by atoms with Crippen molar-refractivity contribution in [3.63, 3.8) is 0 Å². The normalized spacial score (nSPS) is 22.8. The molecule has 0 spiro atoms. The van der Waals surface area contributed by atoms with E-state index in [1.807, 2.05) is 6.07 Å². The lowest BCUT2D eigenvalue weighted by atomic mass is 9.79. The maximum atomic E-state index is 6.01. The van der Waals surface area contributed by atoms with Crippen LogP contribution in [0, 0.1) is 5.92 Å². The Labute approximate surface area is 135 Å². The Morgan fingerprint density at radius 1 is 1.19 bits per heavy atom. The first-order valence-electron chi connectivity index (χ1n) is 7.89. The minimum absolute atomic E-state index is 0.325. The number of fused-ring (bicyclic) bond motifs is 1. The summed E-state index contributed by atoms with van der Waals surface area (Å²) in [6.45, 7) is 2.27. The molecule has 21 heavy (non-hydrogen) atoms. The zero-order chi connectivity index (χ0) is 14.8. The van der Waals surface area contributed by atoms with Crippen LogP contribution in [-0.4, -0.2) is 15.0 Å². The van der Waals surface area contributed by atoms with Gasteiger partial charge >= 0.3 is 0 Å². The molecule has 2 aromatic rings. The number of nitrogens with one attached hydrogen (secondary N) is 1. The Bertz CT molecular complexity index is 576. The minimum atomic E-state index is 0.325. The van der Waals surface area contributed by atoms with Crippen molar-refractivity contribution >= 4 is 34.4 Å². The molecule has 3 rings (SSSR count). The molecule has 1 N–H and O–H groups in total. The van der Waals surface area contributed by atoms with Gasteiger partial charge in [-0.25, -0.2) is 9.97 Å². The number of hydrogen-bond donors (Lipinski definition) is 1. The van der Waals surface area contributed by atoms with Crippen LogP contribution >= 0.6 is 23.2 Å². The second kappa shape index (κ2) is 6.53. The van der Waals surface area contributed by atoms with Crippen molar-refractivity contribution in [2.75, 3.05) is 0 Å². The van der Waals surface area contributed by atoms with Gasteiger partial charge in [-0.15, -0.1) is 0 Å². The summed E-state index contributed by atoms with van der Waals surface area (Å²) in [4.78, 5) is 12.2.